The van der Waals surface area contributed by atoms with Crippen molar-refractivity contribution in [1.29, 1.82) is 0 Å². The van der Waals surface area contributed by atoms with E-state index in [1.165, 1.54) is 33.0 Å². The fourth-order valence-corrected chi connectivity index (χ4v) is 4.42. The molecular weight excluding hydrogens is 356 g/mol. The van der Waals surface area contributed by atoms with Gasteiger partial charge in [0, 0.05) is 23.2 Å². The van der Waals surface area contributed by atoms with Gasteiger partial charge in [0.1, 0.15) is 5.65 Å². The Kier molecular flexibility index (Phi) is 3.27. The molecule has 4 heterocycles. The Morgan fingerprint density at radius 3 is 2.34 bits per heavy atom. The van der Waals surface area contributed by atoms with Crippen LogP contribution in [-0.4, -0.2) is 19.4 Å². The average Bonchev–Trinajstić information content (AvgIpc) is 3.14. The van der Waals surface area contributed by atoms with Crippen molar-refractivity contribution >= 4 is 38.4 Å². The third kappa shape index (κ3) is 2.23. The van der Waals surface area contributed by atoms with Crippen LogP contribution in [0.25, 0.3) is 49.5 Å². The molecule has 4 heteroatoms. The van der Waals surface area contributed by atoms with E-state index < -0.39 is 0 Å². The van der Waals surface area contributed by atoms with Crippen LogP contribution in [0.5, 0.6) is 0 Å². The molecule has 29 heavy (non-hydrogen) atoms. The summed E-state index contributed by atoms with van der Waals surface area (Å²) in [6, 6.07) is 17.2. The summed E-state index contributed by atoms with van der Waals surface area (Å²) < 4.78 is 2.18. The van der Waals surface area contributed by atoms with Gasteiger partial charge >= 0.3 is 0 Å². The van der Waals surface area contributed by atoms with Crippen molar-refractivity contribution in [2.45, 2.75) is 13.8 Å². The average molecular weight is 374 g/mol. The maximum atomic E-state index is 4.95. The standard InChI is InChI=1S/C25H18N4/c1-15-5-3-4-6-17(15)19-12-20-18-7-9-26-13-23(18)29-24-14-27-10-8-22(24)28-25(29)21(20)11-16(19)2/h3-14H,1-2H3. The van der Waals surface area contributed by atoms with E-state index in [0.717, 1.165) is 27.6 Å². The van der Waals surface area contributed by atoms with Crippen LogP contribution in [-0.2, 0) is 0 Å². The SMILES string of the molecule is Cc1ccccc1-c1cc2c3ccncc3n3c4cnccc4nc3c2cc1C. The fraction of sp³-hybridized carbons (Fsp3) is 0.0800. The van der Waals surface area contributed by atoms with Gasteiger partial charge in [0.05, 0.1) is 28.9 Å². The van der Waals surface area contributed by atoms with Crippen molar-refractivity contribution in [2.75, 3.05) is 0 Å². The lowest BCUT2D eigenvalue weighted by atomic mass is 9.93. The molecule has 0 aliphatic rings. The van der Waals surface area contributed by atoms with Crippen LogP contribution in [0, 0.1) is 13.8 Å². The highest BCUT2D eigenvalue weighted by Crippen LogP contribution is 2.36. The van der Waals surface area contributed by atoms with Gasteiger partial charge in [-0.05, 0) is 65.8 Å². The molecule has 0 aliphatic heterocycles. The van der Waals surface area contributed by atoms with Crippen LogP contribution >= 0.6 is 0 Å². The fourth-order valence-electron chi connectivity index (χ4n) is 4.42. The summed E-state index contributed by atoms with van der Waals surface area (Å²) in [5.74, 6) is 0. The van der Waals surface area contributed by atoms with Crippen molar-refractivity contribution in [3.05, 3.63) is 84.4 Å². The number of hydrogen-bond acceptors (Lipinski definition) is 3. The Hall–Kier alpha value is -3.79. The third-order valence-electron chi connectivity index (χ3n) is 5.83. The van der Waals surface area contributed by atoms with E-state index in [9.17, 15) is 0 Å². The quantitative estimate of drug-likeness (QED) is 0.338. The summed E-state index contributed by atoms with van der Waals surface area (Å²) in [7, 11) is 0. The van der Waals surface area contributed by atoms with Gasteiger partial charge in [-0.3, -0.25) is 14.4 Å². The number of nitrogens with zero attached hydrogens (tertiary/aromatic N) is 4. The normalized spacial score (nSPS) is 11.8. The van der Waals surface area contributed by atoms with Crippen LogP contribution in [0.4, 0.5) is 0 Å². The molecule has 0 unspecified atom stereocenters. The minimum absolute atomic E-state index is 0.943. The van der Waals surface area contributed by atoms with Crippen LogP contribution in [0.1, 0.15) is 11.1 Å². The van der Waals surface area contributed by atoms with Crippen LogP contribution < -0.4 is 0 Å². The van der Waals surface area contributed by atoms with Gasteiger partial charge in [-0.15, -0.1) is 0 Å². The van der Waals surface area contributed by atoms with E-state index >= 15 is 0 Å². The number of aromatic nitrogens is 4. The van der Waals surface area contributed by atoms with E-state index in [4.69, 9.17) is 4.98 Å². The van der Waals surface area contributed by atoms with E-state index in [1.807, 2.05) is 24.7 Å². The Bertz CT molecular complexity index is 1580. The van der Waals surface area contributed by atoms with E-state index in [0.29, 0.717) is 0 Å². The molecule has 0 saturated heterocycles. The zero-order valence-electron chi connectivity index (χ0n) is 16.2. The molecule has 6 rings (SSSR count). The second-order valence-electron chi connectivity index (χ2n) is 7.56. The Labute approximate surface area is 167 Å². The second-order valence-corrected chi connectivity index (χ2v) is 7.56. The van der Waals surface area contributed by atoms with Gasteiger partial charge in [-0.25, -0.2) is 4.98 Å². The van der Waals surface area contributed by atoms with Crippen LogP contribution in [0.15, 0.2) is 73.3 Å². The maximum absolute atomic E-state index is 4.95. The van der Waals surface area contributed by atoms with Crippen molar-refractivity contribution in [2.24, 2.45) is 0 Å². The van der Waals surface area contributed by atoms with Gasteiger partial charge in [0.25, 0.3) is 0 Å². The zero-order valence-corrected chi connectivity index (χ0v) is 16.2. The molecule has 0 radical (unpaired) electrons. The van der Waals surface area contributed by atoms with Crippen LogP contribution in [0.3, 0.4) is 0 Å². The Morgan fingerprint density at radius 1 is 0.690 bits per heavy atom. The minimum Gasteiger partial charge on any atom is -0.289 e. The summed E-state index contributed by atoms with van der Waals surface area (Å²) in [5, 5.41) is 3.51. The van der Waals surface area contributed by atoms with E-state index in [2.05, 4.69) is 70.7 Å². The molecule has 0 fully saturated rings. The summed E-state index contributed by atoms with van der Waals surface area (Å²) >= 11 is 0. The number of pyridine rings is 3. The van der Waals surface area contributed by atoms with Gasteiger partial charge in [0.15, 0.2) is 0 Å². The first kappa shape index (κ1) is 16.2. The molecule has 0 spiro atoms. The number of hydrogen-bond donors (Lipinski definition) is 0. The van der Waals surface area contributed by atoms with E-state index in [-0.39, 0.29) is 0 Å². The van der Waals surface area contributed by atoms with Gasteiger partial charge in [-0.1, -0.05) is 24.3 Å². The molecule has 0 aliphatic carbocycles. The molecular formula is C25H18N4. The lowest BCUT2D eigenvalue weighted by molar-refractivity contribution is 1.25. The highest BCUT2D eigenvalue weighted by Gasteiger charge is 2.16. The monoisotopic (exact) mass is 374 g/mol. The van der Waals surface area contributed by atoms with Crippen LogP contribution in [0.2, 0.25) is 0 Å². The molecule has 2 aromatic carbocycles. The lowest BCUT2D eigenvalue weighted by Gasteiger charge is -2.14. The molecule has 0 bridgehead atoms. The van der Waals surface area contributed by atoms with Gasteiger partial charge in [0.2, 0.25) is 0 Å². The number of fused-ring (bicyclic) bond motifs is 8. The molecule has 4 nitrogen and oxygen atoms in total. The first-order valence-electron chi connectivity index (χ1n) is 9.70. The van der Waals surface area contributed by atoms with Crippen molar-refractivity contribution in [3.8, 4) is 11.1 Å². The summed E-state index contributed by atoms with van der Waals surface area (Å²) in [6.07, 6.45) is 7.45. The minimum atomic E-state index is 0.943. The molecule has 0 N–H and O–H groups in total. The molecule has 0 amide bonds. The third-order valence-corrected chi connectivity index (χ3v) is 5.83. The maximum Gasteiger partial charge on any atom is 0.146 e. The number of aryl methyl sites for hydroxylation is 2. The van der Waals surface area contributed by atoms with E-state index in [1.54, 1.807) is 6.20 Å². The number of rotatable bonds is 1. The molecule has 138 valence electrons. The predicted octanol–water partition coefficient (Wildman–Crippen LogP) is 5.87. The lowest BCUT2D eigenvalue weighted by Crippen LogP contribution is -1.94. The summed E-state index contributed by atoms with van der Waals surface area (Å²) in [5.41, 5.74) is 8.99. The smallest absolute Gasteiger partial charge is 0.146 e. The Balaban J connectivity index is 1.85. The second kappa shape index (κ2) is 5.85. The van der Waals surface area contributed by atoms with Gasteiger partial charge in [-0.2, -0.15) is 0 Å². The number of imidazole rings is 1. The molecule has 6 aromatic rings. The first-order valence-corrected chi connectivity index (χ1v) is 9.70. The Morgan fingerprint density at radius 2 is 1.48 bits per heavy atom. The summed E-state index contributed by atoms with van der Waals surface area (Å²) in [6.45, 7) is 4.34. The largest absolute Gasteiger partial charge is 0.289 e. The molecule has 0 saturated carbocycles. The topological polar surface area (TPSA) is 43.1 Å². The van der Waals surface area contributed by atoms with Crippen molar-refractivity contribution in [1.82, 2.24) is 19.4 Å². The first-order chi connectivity index (χ1) is 14.2. The zero-order chi connectivity index (χ0) is 19.5. The number of benzene rings is 2. The molecule has 4 aromatic heterocycles. The highest BCUT2D eigenvalue weighted by molar-refractivity contribution is 6.14. The van der Waals surface area contributed by atoms with Gasteiger partial charge < -0.3 is 0 Å². The molecule has 0 atom stereocenters. The van der Waals surface area contributed by atoms with Crippen molar-refractivity contribution in [3.63, 3.8) is 0 Å². The highest BCUT2D eigenvalue weighted by atomic mass is 15.0. The van der Waals surface area contributed by atoms with Crippen molar-refractivity contribution < 1.29 is 0 Å². The predicted molar refractivity (Wildman–Crippen MR) is 118 cm³/mol. The summed E-state index contributed by atoms with van der Waals surface area (Å²) in [4.78, 5) is 13.7.